The number of phenolic OH excluding ortho intramolecular Hbond substituents is 1. The second-order valence-electron chi connectivity index (χ2n) is 4.67. The molecule has 0 fully saturated rings. The predicted octanol–water partition coefficient (Wildman–Crippen LogP) is 2.21. The predicted molar refractivity (Wildman–Crippen MR) is 83.8 cm³/mol. The molecule has 9 nitrogen and oxygen atoms in total. The normalized spacial score (nSPS) is 11.0. The molecule has 0 radical (unpaired) electrons. The number of amides is 1. The lowest BCUT2D eigenvalue weighted by atomic mass is 10.1. The molecule has 1 aromatic carbocycles. The highest BCUT2D eigenvalue weighted by atomic mass is 16.6. The molecular weight excluding hydrogens is 316 g/mol. The largest absolute Gasteiger partial charge is 0.505 e. The quantitative estimate of drug-likeness (QED) is 0.429. The van der Waals surface area contributed by atoms with Crippen molar-refractivity contribution in [1.82, 2.24) is 10.4 Å². The Labute approximate surface area is 134 Å². The number of fused-ring (bicyclic) bond motifs is 1. The standard InChI is InChI=1S/C15H10N4O5/c20-14-9(8-17-18-15(21)12-4-2-6-24-12)7-11(19(22)23)10-3-1-5-16-13(10)14/h1-8,20H,(H,18,21)/b17-8-. The van der Waals surface area contributed by atoms with Crippen LogP contribution in [0.25, 0.3) is 10.9 Å². The van der Waals surface area contributed by atoms with Gasteiger partial charge in [0.2, 0.25) is 0 Å². The summed E-state index contributed by atoms with van der Waals surface area (Å²) in [5.41, 5.74) is 2.09. The van der Waals surface area contributed by atoms with Crippen molar-refractivity contribution in [2.24, 2.45) is 5.10 Å². The van der Waals surface area contributed by atoms with Crippen LogP contribution in [0, 0.1) is 10.1 Å². The molecule has 0 saturated heterocycles. The van der Waals surface area contributed by atoms with Crippen molar-refractivity contribution < 1.29 is 19.2 Å². The topological polar surface area (TPSA) is 131 Å². The number of rotatable bonds is 4. The van der Waals surface area contributed by atoms with Crippen LogP contribution < -0.4 is 5.43 Å². The summed E-state index contributed by atoms with van der Waals surface area (Å²) in [7, 11) is 0. The number of hydrogen-bond acceptors (Lipinski definition) is 7. The molecule has 2 aromatic heterocycles. The molecule has 0 bridgehead atoms. The molecule has 1 amide bonds. The molecule has 2 N–H and O–H groups in total. The Morgan fingerprint density at radius 1 is 1.42 bits per heavy atom. The average molecular weight is 326 g/mol. The highest BCUT2D eigenvalue weighted by molar-refractivity contribution is 6.00. The number of nitro groups is 1. The van der Waals surface area contributed by atoms with E-state index in [0.29, 0.717) is 0 Å². The Bertz CT molecular complexity index is 950. The summed E-state index contributed by atoms with van der Waals surface area (Å²) >= 11 is 0. The van der Waals surface area contributed by atoms with Gasteiger partial charge in [-0.3, -0.25) is 19.9 Å². The molecule has 9 heteroatoms. The van der Waals surface area contributed by atoms with Gasteiger partial charge in [0.1, 0.15) is 5.52 Å². The second kappa shape index (κ2) is 6.16. The van der Waals surface area contributed by atoms with E-state index in [4.69, 9.17) is 4.42 Å². The minimum absolute atomic E-state index is 0.0487. The lowest BCUT2D eigenvalue weighted by Gasteiger charge is -2.04. The van der Waals surface area contributed by atoms with E-state index in [9.17, 15) is 20.0 Å². The number of aromatic hydroxyl groups is 1. The summed E-state index contributed by atoms with van der Waals surface area (Å²) in [6.45, 7) is 0. The fraction of sp³-hybridized carbons (Fsp3) is 0. The van der Waals surface area contributed by atoms with Crippen LogP contribution in [-0.4, -0.2) is 27.1 Å². The number of aromatic nitrogens is 1. The van der Waals surface area contributed by atoms with Gasteiger partial charge in [0.25, 0.3) is 5.69 Å². The van der Waals surface area contributed by atoms with Gasteiger partial charge in [-0.25, -0.2) is 5.43 Å². The summed E-state index contributed by atoms with van der Waals surface area (Å²) in [6.07, 6.45) is 3.84. The van der Waals surface area contributed by atoms with Crippen molar-refractivity contribution in [2.45, 2.75) is 0 Å². The number of nitrogens with zero attached hydrogens (tertiary/aromatic N) is 3. The highest BCUT2D eigenvalue weighted by Gasteiger charge is 2.18. The van der Waals surface area contributed by atoms with Crippen LogP contribution in [0.2, 0.25) is 0 Å². The molecule has 0 atom stereocenters. The van der Waals surface area contributed by atoms with Gasteiger partial charge in [0, 0.05) is 17.8 Å². The zero-order chi connectivity index (χ0) is 17.1. The van der Waals surface area contributed by atoms with E-state index in [1.165, 1.54) is 30.7 Å². The van der Waals surface area contributed by atoms with Gasteiger partial charge in [-0.1, -0.05) is 0 Å². The summed E-state index contributed by atoms with van der Waals surface area (Å²) in [5.74, 6) is -0.807. The maximum Gasteiger partial charge on any atom is 0.307 e. The smallest absolute Gasteiger partial charge is 0.307 e. The van der Waals surface area contributed by atoms with Crippen molar-refractivity contribution in [3.05, 3.63) is 64.2 Å². The van der Waals surface area contributed by atoms with Crippen LogP contribution in [0.1, 0.15) is 16.1 Å². The van der Waals surface area contributed by atoms with Crippen molar-refractivity contribution in [1.29, 1.82) is 0 Å². The van der Waals surface area contributed by atoms with Gasteiger partial charge < -0.3 is 9.52 Å². The van der Waals surface area contributed by atoms with Gasteiger partial charge in [0.05, 0.1) is 22.8 Å². The molecule has 3 rings (SSSR count). The third kappa shape index (κ3) is 2.77. The van der Waals surface area contributed by atoms with E-state index in [-0.39, 0.29) is 33.7 Å². The van der Waals surface area contributed by atoms with Gasteiger partial charge in [-0.15, -0.1) is 0 Å². The minimum Gasteiger partial charge on any atom is -0.505 e. The third-order valence-electron chi connectivity index (χ3n) is 3.19. The molecule has 0 spiro atoms. The average Bonchev–Trinajstić information content (AvgIpc) is 3.11. The number of nitro benzene ring substituents is 1. The van der Waals surface area contributed by atoms with Gasteiger partial charge in [-0.05, 0) is 24.3 Å². The highest BCUT2D eigenvalue weighted by Crippen LogP contribution is 2.33. The van der Waals surface area contributed by atoms with Crippen LogP contribution >= 0.6 is 0 Å². The van der Waals surface area contributed by atoms with E-state index < -0.39 is 10.8 Å². The zero-order valence-corrected chi connectivity index (χ0v) is 12.0. The molecule has 0 aliphatic heterocycles. The molecule has 24 heavy (non-hydrogen) atoms. The monoisotopic (exact) mass is 326 g/mol. The zero-order valence-electron chi connectivity index (χ0n) is 12.0. The molecule has 0 aliphatic rings. The van der Waals surface area contributed by atoms with Crippen LogP contribution in [0.3, 0.4) is 0 Å². The number of hydrogen-bond donors (Lipinski definition) is 2. The summed E-state index contributed by atoms with van der Waals surface area (Å²) < 4.78 is 4.90. The van der Waals surface area contributed by atoms with E-state index in [1.807, 2.05) is 0 Å². The lowest BCUT2D eigenvalue weighted by Crippen LogP contribution is -2.16. The minimum atomic E-state index is -0.593. The number of hydrazone groups is 1. The van der Waals surface area contributed by atoms with Crippen LogP contribution in [-0.2, 0) is 0 Å². The first-order chi connectivity index (χ1) is 11.6. The molecule has 120 valence electrons. The Morgan fingerprint density at radius 2 is 2.25 bits per heavy atom. The lowest BCUT2D eigenvalue weighted by molar-refractivity contribution is -0.383. The molecule has 0 unspecified atom stereocenters. The Balaban J connectivity index is 1.94. The number of carbonyl (C=O) groups excluding carboxylic acids is 1. The van der Waals surface area contributed by atoms with Crippen molar-refractivity contribution >= 4 is 28.7 Å². The van der Waals surface area contributed by atoms with E-state index >= 15 is 0 Å². The first-order valence-corrected chi connectivity index (χ1v) is 6.70. The van der Waals surface area contributed by atoms with E-state index in [0.717, 1.165) is 12.3 Å². The van der Waals surface area contributed by atoms with Crippen LogP contribution in [0.5, 0.6) is 5.75 Å². The molecule has 0 aliphatic carbocycles. The first kappa shape index (κ1) is 15.2. The SMILES string of the molecule is O=C(N/N=C\c1cc([N+](=O)[O-])c2cccnc2c1O)c1ccco1. The van der Waals surface area contributed by atoms with Crippen LogP contribution in [0.4, 0.5) is 5.69 Å². The maximum absolute atomic E-state index is 11.7. The number of furan rings is 1. The number of non-ortho nitro benzene ring substituents is 1. The van der Waals surface area contributed by atoms with Gasteiger partial charge in [0.15, 0.2) is 11.5 Å². The summed E-state index contributed by atoms with van der Waals surface area (Å²) in [6, 6.07) is 7.17. The Kier molecular flexibility index (Phi) is 3.89. The fourth-order valence-corrected chi connectivity index (χ4v) is 2.10. The summed E-state index contributed by atoms with van der Waals surface area (Å²) in [4.78, 5) is 26.2. The number of benzene rings is 1. The number of carbonyl (C=O) groups is 1. The van der Waals surface area contributed by atoms with Gasteiger partial charge in [-0.2, -0.15) is 5.10 Å². The van der Waals surface area contributed by atoms with Crippen LogP contribution in [0.15, 0.2) is 52.3 Å². The second-order valence-corrected chi connectivity index (χ2v) is 4.67. The van der Waals surface area contributed by atoms with Crippen molar-refractivity contribution in [2.75, 3.05) is 0 Å². The fourth-order valence-electron chi connectivity index (χ4n) is 2.10. The molecule has 2 heterocycles. The number of phenols is 1. The van der Waals surface area contributed by atoms with Crippen molar-refractivity contribution in [3.8, 4) is 5.75 Å². The third-order valence-corrected chi connectivity index (χ3v) is 3.19. The summed E-state index contributed by atoms with van der Waals surface area (Å²) in [5, 5.41) is 25.3. The van der Waals surface area contributed by atoms with Gasteiger partial charge >= 0.3 is 5.91 Å². The molecule has 0 saturated carbocycles. The first-order valence-electron chi connectivity index (χ1n) is 6.70. The Hall–Kier alpha value is -3.75. The van der Waals surface area contributed by atoms with Crippen molar-refractivity contribution in [3.63, 3.8) is 0 Å². The Morgan fingerprint density at radius 3 is 2.96 bits per heavy atom. The maximum atomic E-state index is 11.7. The number of nitrogens with one attached hydrogen (secondary N) is 1. The molecular formula is C15H10N4O5. The van der Waals surface area contributed by atoms with E-state index in [1.54, 1.807) is 6.07 Å². The van der Waals surface area contributed by atoms with E-state index in [2.05, 4.69) is 15.5 Å². The number of pyridine rings is 1. The molecule has 3 aromatic rings.